The maximum Gasteiger partial charge on any atom is 0.186 e. The third-order valence-electron chi connectivity index (χ3n) is 4.45. The SMILES string of the molecule is CCCCCCCn1cc2c(NCCc3cccc(Br)c3)ncnc2n1. The Balaban J connectivity index is 1.58. The van der Waals surface area contributed by atoms with Gasteiger partial charge in [0, 0.05) is 23.8 Å². The van der Waals surface area contributed by atoms with E-state index in [2.05, 4.69) is 67.6 Å². The van der Waals surface area contributed by atoms with Gasteiger partial charge in [-0.1, -0.05) is 60.7 Å². The quantitative estimate of drug-likeness (QED) is 0.461. The van der Waals surface area contributed by atoms with Crippen molar-refractivity contribution < 1.29 is 0 Å². The standard InChI is InChI=1S/C20H26BrN5/c1-2-3-4-5-6-12-26-14-18-19(23-15-24-20(18)25-26)22-11-10-16-8-7-9-17(21)13-16/h7-9,13-15H,2-6,10-12H2,1H3,(H,22,23,24,25). The number of benzene rings is 1. The Labute approximate surface area is 163 Å². The molecule has 3 aromatic rings. The molecule has 0 aliphatic rings. The zero-order valence-electron chi connectivity index (χ0n) is 15.3. The molecule has 1 N–H and O–H groups in total. The molecular weight excluding hydrogens is 390 g/mol. The number of halogens is 1. The van der Waals surface area contributed by atoms with Gasteiger partial charge in [0.25, 0.3) is 0 Å². The van der Waals surface area contributed by atoms with Gasteiger partial charge in [-0.15, -0.1) is 0 Å². The summed E-state index contributed by atoms with van der Waals surface area (Å²) in [5, 5.41) is 9.02. The lowest BCUT2D eigenvalue weighted by Crippen LogP contribution is -2.06. The highest BCUT2D eigenvalue weighted by Crippen LogP contribution is 2.19. The van der Waals surface area contributed by atoms with E-state index in [9.17, 15) is 0 Å². The summed E-state index contributed by atoms with van der Waals surface area (Å²) >= 11 is 3.52. The van der Waals surface area contributed by atoms with Gasteiger partial charge in [-0.2, -0.15) is 5.10 Å². The van der Waals surface area contributed by atoms with E-state index in [0.717, 1.165) is 47.3 Å². The van der Waals surface area contributed by atoms with Crippen molar-refractivity contribution in [2.75, 3.05) is 11.9 Å². The number of aryl methyl sites for hydroxylation is 1. The largest absolute Gasteiger partial charge is 0.369 e. The second-order valence-corrected chi connectivity index (χ2v) is 7.49. The maximum absolute atomic E-state index is 4.59. The van der Waals surface area contributed by atoms with Crippen molar-refractivity contribution >= 4 is 32.8 Å². The van der Waals surface area contributed by atoms with Crippen LogP contribution in [0.1, 0.15) is 44.6 Å². The van der Waals surface area contributed by atoms with Crippen LogP contribution in [0.15, 0.2) is 41.3 Å². The van der Waals surface area contributed by atoms with Crippen molar-refractivity contribution in [3.63, 3.8) is 0 Å². The Morgan fingerprint density at radius 1 is 1.12 bits per heavy atom. The summed E-state index contributed by atoms with van der Waals surface area (Å²) < 4.78 is 3.12. The molecule has 6 heteroatoms. The first-order valence-electron chi connectivity index (χ1n) is 9.42. The summed E-state index contributed by atoms with van der Waals surface area (Å²) in [5.41, 5.74) is 2.05. The van der Waals surface area contributed by atoms with Gasteiger partial charge < -0.3 is 5.32 Å². The number of unbranched alkanes of at least 4 members (excludes halogenated alkanes) is 4. The minimum Gasteiger partial charge on any atom is -0.369 e. The van der Waals surface area contributed by atoms with Crippen LogP contribution in [0.25, 0.3) is 11.0 Å². The molecule has 5 nitrogen and oxygen atoms in total. The fourth-order valence-electron chi connectivity index (χ4n) is 3.03. The highest BCUT2D eigenvalue weighted by atomic mass is 79.9. The summed E-state index contributed by atoms with van der Waals surface area (Å²) in [6, 6.07) is 8.39. The highest BCUT2D eigenvalue weighted by molar-refractivity contribution is 9.10. The Kier molecular flexibility index (Phi) is 7.00. The predicted molar refractivity (Wildman–Crippen MR) is 110 cm³/mol. The van der Waals surface area contributed by atoms with Gasteiger partial charge in [-0.3, -0.25) is 4.68 Å². The molecule has 138 valence electrons. The number of aromatic nitrogens is 4. The summed E-state index contributed by atoms with van der Waals surface area (Å²) in [7, 11) is 0. The van der Waals surface area contributed by atoms with E-state index >= 15 is 0 Å². The molecule has 0 bridgehead atoms. The van der Waals surface area contributed by atoms with E-state index in [0.29, 0.717) is 0 Å². The van der Waals surface area contributed by atoms with Crippen molar-refractivity contribution in [3.8, 4) is 0 Å². The molecule has 0 saturated heterocycles. The molecule has 0 atom stereocenters. The highest BCUT2D eigenvalue weighted by Gasteiger charge is 2.08. The molecule has 0 amide bonds. The summed E-state index contributed by atoms with van der Waals surface area (Å²) in [6.45, 7) is 4.01. The Hall–Kier alpha value is -1.95. The molecule has 3 rings (SSSR count). The average Bonchev–Trinajstić information content (AvgIpc) is 3.05. The average molecular weight is 416 g/mol. The number of rotatable bonds is 10. The Morgan fingerprint density at radius 2 is 2.00 bits per heavy atom. The molecule has 26 heavy (non-hydrogen) atoms. The summed E-state index contributed by atoms with van der Waals surface area (Å²) in [5.74, 6) is 0.863. The van der Waals surface area contributed by atoms with Gasteiger partial charge in [0.2, 0.25) is 0 Å². The molecule has 2 aromatic heterocycles. The first-order chi connectivity index (χ1) is 12.8. The van der Waals surface area contributed by atoms with Crippen molar-refractivity contribution in [1.29, 1.82) is 0 Å². The molecule has 0 radical (unpaired) electrons. The number of anilines is 1. The van der Waals surface area contributed by atoms with Crippen LogP contribution in [0.3, 0.4) is 0 Å². The van der Waals surface area contributed by atoms with Crippen molar-refractivity contribution in [2.45, 2.75) is 52.0 Å². The van der Waals surface area contributed by atoms with Crippen LogP contribution in [0.2, 0.25) is 0 Å². The van der Waals surface area contributed by atoms with E-state index in [1.807, 2.05) is 10.7 Å². The van der Waals surface area contributed by atoms with Crippen LogP contribution in [0.4, 0.5) is 5.82 Å². The Bertz CT molecular complexity index is 830. The first kappa shape index (κ1) is 18.8. The first-order valence-corrected chi connectivity index (χ1v) is 10.2. The van der Waals surface area contributed by atoms with Crippen LogP contribution < -0.4 is 5.32 Å². The molecule has 0 aliphatic carbocycles. The zero-order chi connectivity index (χ0) is 18.2. The third kappa shape index (κ3) is 5.27. The predicted octanol–water partition coefficient (Wildman–Crippen LogP) is 5.21. The fraction of sp³-hybridized carbons (Fsp3) is 0.450. The molecule has 1 aromatic carbocycles. The van der Waals surface area contributed by atoms with Gasteiger partial charge in [0.05, 0.1) is 5.39 Å². The number of hydrogen-bond donors (Lipinski definition) is 1. The minimum atomic E-state index is 0.763. The monoisotopic (exact) mass is 415 g/mol. The van der Waals surface area contributed by atoms with E-state index in [1.165, 1.54) is 31.2 Å². The minimum absolute atomic E-state index is 0.763. The summed E-state index contributed by atoms with van der Waals surface area (Å²) in [4.78, 5) is 8.71. The lowest BCUT2D eigenvalue weighted by atomic mass is 10.1. The maximum atomic E-state index is 4.59. The third-order valence-corrected chi connectivity index (χ3v) is 4.94. The number of hydrogen-bond acceptors (Lipinski definition) is 4. The van der Waals surface area contributed by atoms with Crippen LogP contribution in [-0.4, -0.2) is 26.3 Å². The van der Waals surface area contributed by atoms with Crippen LogP contribution in [0.5, 0.6) is 0 Å². The van der Waals surface area contributed by atoms with Crippen molar-refractivity contribution in [1.82, 2.24) is 19.7 Å². The van der Waals surface area contributed by atoms with Crippen molar-refractivity contribution in [3.05, 3.63) is 46.8 Å². The second kappa shape index (κ2) is 9.67. The lowest BCUT2D eigenvalue weighted by molar-refractivity contribution is 0.535. The number of nitrogens with one attached hydrogen (secondary N) is 1. The van der Waals surface area contributed by atoms with Crippen molar-refractivity contribution in [2.24, 2.45) is 0 Å². The number of nitrogens with zero attached hydrogens (tertiary/aromatic N) is 4. The van der Waals surface area contributed by atoms with E-state index in [-0.39, 0.29) is 0 Å². The van der Waals surface area contributed by atoms with Gasteiger partial charge in [-0.05, 0) is 30.5 Å². The molecule has 2 heterocycles. The van der Waals surface area contributed by atoms with Crippen LogP contribution in [-0.2, 0) is 13.0 Å². The van der Waals surface area contributed by atoms with Crippen LogP contribution in [0, 0.1) is 0 Å². The molecular formula is C20H26BrN5. The van der Waals surface area contributed by atoms with Gasteiger partial charge in [-0.25, -0.2) is 9.97 Å². The van der Waals surface area contributed by atoms with Gasteiger partial charge in [0.15, 0.2) is 5.65 Å². The van der Waals surface area contributed by atoms with Crippen LogP contribution >= 0.6 is 15.9 Å². The smallest absolute Gasteiger partial charge is 0.186 e. The normalized spacial score (nSPS) is 11.2. The van der Waals surface area contributed by atoms with E-state index < -0.39 is 0 Å². The lowest BCUT2D eigenvalue weighted by Gasteiger charge is -2.06. The second-order valence-electron chi connectivity index (χ2n) is 6.57. The Morgan fingerprint density at radius 3 is 2.85 bits per heavy atom. The van der Waals surface area contributed by atoms with E-state index in [1.54, 1.807) is 6.33 Å². The molecule has 0 fully saturated rings. The fourth-order valence-corrected chi connectivity index (χ4v) is 3.48. The molecule has 0 spiro atoms. The number of fused-ring (bicyclic) bond motifs is 1. The van der Waals surface area contributed by atoms with Gasteiger partial charge in [0.1, 0.15) is 12.1 Å². The molecule has 0 aliphatic heterocycles. The molecule has 0 unspecified atom stereocenters. The zero-order valence-corrected chi connectivity index (χ0v) is 16.9. The molecule has 0 saturated carbocycles. The topological polar surface area (TPSA) is 55.6 Å². The summed E-state index contributed by atoms with van der Waals surface area (Å²) in [6.07, 6.45) is 10.9. The van der Waals surface area contributed by atoms with E-state index in [4.69, 9.17) is 0 Å². The van der Waals surface area contributed by atoms with Gasteiger partial charge >= 0.3 is 0 Å².